The molecule has 0 aliphatic heterocycles. The molecule has 6 nitrogen and oxygen atoms in total. The molecule has 4 atom stereocenters. The maximum Gasteiger partial charge on any atom is 0.139 e. The first kappa shape index (κ1) is 27.6. The molecule has 0 aromatic heterocycles. The fourth-order valence-corrected chi connectivity index (χ4v) is 4.06. The van der Waals surface area contributed by atoms with Gasteiger partial charge in [-0.1, -0.05) is 64.1 Å². The Morgan fingerprint density at radius 2 is 0.912 bits per heavy atom. The first-order chi connectivity index (χ1) is 16.2. The van der Waals surface area contributed by atoms with Crippen LogP contribution in [0.5, 0.6) is 0 Å². The Balaban J connectivity index is 2.17. The van der Waals surface area contributed by atoms with Gasteiger partial charge in [-0.2, -0.15) is 0 Å². The van der Waals surface area contributed by atoms with Gasteiger partial charge < -0.3 is 30.6 Å². The predicted octanol–water partition coefficient (Wildman–Crippen LogP) is 3.88. The van der Waals surface area contributed by atoms with Gasteiger partial charge in [-0.05, 0) is 71.2 Å². The summed E-state index contributed by atoms with van der Waals surface area (Å²) in [6.07, 6.45) is -1.58. The minimum atomic E-state index is -1.93. The fraction of sp³-hybridized carbons (Fsp3) is 0.429. The Bertz CT molecular complexity index is 928. The van der Waals surface area contributed by atoms with Gasteiger partial charge in [0.25, 0.3) is 0 Å². The predicted molar refractivity (Wildman–Crippen MR) is 136 cm³/mol. The normalized spacial score (nSPS) is 16.2. The Kier molecular flexibility index (Phi) is 10.3. The molecule has 0 bridgehead atoms. The highest BCUT2D eigenvalue weighted by atomic mass is 16.4. The lowest BCUT2D eigenvalue weighted by molar-refractivity contribution is -0.0996. The van der Waals surface area contributed by atoms with Crippen LogP contribution in [0, 0.1) is 0 Å². The lowest BCUT2D eigenvalue weighted by atomic mass is 9.96. The lowest BCUT2D eigenvalue weighted by Crippen LogP contribution is -2.45. The van der Waals surface area contributed by atoms with Crippen molar-refractivity contribution in [3.63, 3.8) is 0 Å². The van der Waals surface area contributed by atoms with Crippen molar-refractivity contribution < 1.29 is 30.6 Å². The van der Waals surface area contributed by atoms with E-state index >= 15 is 0 Å². The summed E-state index contributed by atoms with van der Waals surface area (Å²) < 4.78 is 0. The number of aliphatic hydroxyl groups excluding tert-OH is 6. The van der Waals surface area contributed by atoms with Gasteiger partial charge in [0.05, 0.1) is 0 Å². The zero-order valence-electron chi connectivity index (χ0n) is 20.4. The maximum atomic E-state index is 10.4. The van der Waals surface area contributed by atoms with E-state index in [4.69, 9.17) is 0 Å². The smallest absolute Gasteiger partial charge is 0.139 e. The topological polar surface area (TPSA) is 121 Å². The first-order valence-corrected chi connectivity index (χ1v) is 11.9. The molecule has 0 saturated carbocycles. The molecule has 0 fully saturated rings. The van der Waals surface area contributed by atoms with Crippen LogP contribution in [0.4, 0.5) is 0 Å². The van der Waals surface area contributed by atoms with Crippen LogP contribution in [-0.2, 0) is 25.7 Å². The third-order valence-electron chi connectivity index (χ3n) is 6.22. The summed E-state index contributed by atoms with van der Waals surface area (Å²) in [7, 11) is 0. The third kappa shape index (κ3) is 6.70. The van der Waals surface area contributed by atoms with E-state index in [1.165, 1.54) is 23.3 Å². The molecule has 0 radical (unpaired) electrons. The van der Waals surface area contributed by atoms with E-state index in [9.17, 15) is 30.6 Å². The summed E-state index contributed by atoms with van der Waals surface area (Å²) >= 11 is 0. The Hall–Kier alpha value is -2.64. The average Bonchev–Trinajstić information content (AvgIpc) is 2.86. The van der Waals surface area contributed by atoms with Crippen molar-refractivity contribution in [2.75, 3.05) is 0 Å². The van der Waals surface area contributed by atoms with Crippen LogP contribution >= 0.6 is 0 Å². The zero-order valence-corrected chi connectivity index (χ0v) is 20.4. The largest absolute Gasteiger partial charge is 0.509 e. The van der Waals surface area contributed by atoms with Crippen molar-refractivity contribution >= 4 is 12.2 Å². The molecular formula is C28H38O6. The molecule has 0 heterocycles. The molecule has 2 aromatic carbocycles. The standard InChI is InChI=1S/C28H38O6/c1-5-19-11-9-17(13-21(19)7-3)15-23(29)25(31)27(33)28(34)26(32)24(30)16-18-10-12-20(6-2)22(8-4)14-18/h9-16,25-34H,5-8H2,1-4H3/t25-,26+,27-,28-/m1/s1. The van der Waals surface area contributed by atoms with E-state index < -0.39 is 35.9 Å². The number of rotatable bonds is 11. The molecule has 0 aliphatic carbocycles. The molecule has 34 heavy (non-hydrogen) atoms. The molecule has 2 aromatic rings. The molecular weight excluding hydrogens is 432 g/mol. The molecule has 6 N–H and O–H groups in total. The van der Waals surface area contributed by atoms with Crippen LogP contribution < -0.4 is 0 Å². The van der Waals surface area contributed by atoms with E-state index in [-0.39, 0.29) is 0 Å². The minimum Gasteiger partial charge on any atom is -0.509 e. The SMILES string of the molecule is CCc1ccc(C=C(O)[C@@H](O)[C@@H](O)[C@H](O)[C@@H](O)C(O)=Cc2ccc(CC)c(CC)c2)cc1CC. The second-order valence-corrected chi connectivity index (χ2v) is 8.48. The van der Waals surface area contributed by atoms with Crippen LogP contribution in [0.3, 0.4) is 0 Å². The Labute approximate surface area is 202 Å². The Morgan fingerprint density at radius 3 is 1.21 bits per heavy atom. The van der Waals surface area contributed by atoms with Crippen molar-refractivity contribution in [3.05, 3.63) is 81.3 Å². The highest BCUT2D eigenvalue weighted by Crippen LogP contribution is 2.21. The lowest BCUT2D eigenvalue weighted by Gasteiger charge is -2.26. The molecule has 2 rings (SSSR count). The van der Waals surface area contributed by atoms with Gasteiger partial charge >= 0.3 is 0 Å². The van der Waals surface area contributed by atoms with Gasteiger partial charge in [-0.15, -0.1) is 0 Å². The molecule has 0 saturated heterocycles. The minimum absolute atomic E-state index is 0.559. The number of benzene rings is 2. The summed E-state index contributed by atoms with van der Waals surface area (Å²) in [4.78, 5) is 0. The Morgan fingerprint density at radius 1 is 0.588 bits per heavy atom. The van der Waals surface area contributed by atoms with Gasteiger partial charge in [0, 0.05) is 0 Å². The van der Waals surface area contributed by atoms with E-state index in [2.05, 4.69) is 13.8 Å². The molecule has 0 amide bonds. The van der Waals surface area contributed by atoms with Crippen molar-refractivity contribution in [2.45, 2.75) is 77.8 Å². The van der Waals surface area contributed by atoms with Crippen LogP contribution in [0.1, 0.15) is 61.1 Å². The molecule has 0 unspecified atom stereocenters. The number of hydrogen-bond acceptors (Lipinski definition) is 6. The highest BCUT2D eigenvalue weighted by molar-refractivity contribution is 5.55. The maximum absolute atomic E-state index is 10.4. The van der Waals surface area contributed by atoms with Crippen LogP contribution in [0.2, 0.25) is 0 Å². The summed E-state index contributed by atoms with van der Waals surface area (Å²) in [5.74, 6) is -1.12. The molecule has 6 heteroatoms. The van der Waals surface area contributed by atoms with E-state index in [1.54, 1.807) is 12.1 Å². The second kappa shape index (κ2) is 12.7. The van der Waals surface area contributed by atoms with Crippen LogP contribution in [0.15, 0.2) is 47.9 Å². The van der Waals surface area contributed by atoms with Gasteiger partial charge in [0.15, 0.2) is 0 Å². The van der Waals surface area contributed by atoms with Crippen molar-refractivity contribution in [1.29, 1.82) is 0 Å². The van der Waals surface area contributed by atoms with Gasteiger partial charge in [0.1, 0.15) is 35.9 Å². The fourth-order valence-electron chi connectivity index (χ4n) is 4.06. The van der Waals surface area contributed by atoms with Gasteiger partial charge in [-0.25, -0.2) is 0 Å². The van der Waals surface area contributed by atoms with Crippen LogP contribution in [0.25, 0.3) is 12.2 Å². The first-order valence-electron chi connectivity index (χ1n) is 11.9. The summed E-state index contributed by atoms with van der Waals surface area (Å²) in [6, 6.07) is 11.3. The molecule has 186 valence electrons. The highest BCUT2D eigenvalue weighted by Gasteiger charge is 2.34. The molecule has 0 aliphatic rings. The molecule has 0 spiro atoms. The average molecular weight is 471 g/mol. The third-order valence-corrected chi connectivity index (χ3v) is 6.22. The van der Waals surface area contributed by atoms with Gasteiger partial charge in [-0.3, -0.25) is 0 Å². The summed E-state index contributed by atoms with van der Waals surface area (Å²) in [5.41, 5.74) is 5.88. The van der Waals surface area contributed by atoms with Gasteiger partial charge in [0.2, 0.25) is 0 Å². The monoisotopic (exact) mass is 470 g/mol. The second-order valence-electron chi connectivity index (χ2n) is 8.48. The summed E-state index contributed by atoms with van der Waals surface area (Å²) in [6.45, 7) is 8.17. The number of hydrogen-bond donors (Lipinski definition) is 6. The van der Waals surface area contributed by atoms with Crippen molar-refractivity contribution in [3.8, 4) is 0 Å². The summed E-state index contributed by atoms with van der Waals surface area (Å²) in [5, 5.41) is 62.1. The van der Waals surface area contributed by atoms with E-state index in [0.29, 0.717) is 11.1 Å². The quantitative estimate of drug-likeness (QED) is 0.277. The van der Waals surface area contributed by atoms with E-state index in [1.807, 2.05) is 38.1 Å². The van der Waals surface area contributed by atoms with E-state index in [0.717, 1.165) is 36.8 Å². The van der Waals surface area contributed by atoms with Crippen molar-refractivity contribution in [2.24, 2.45) is 0 Å². The zero-order chi connectivity index (χ0) is 25.4. The number of aliphatic hydroxyl groups is 6. The van der Waals surface area contributed by atoms with Crippen LogP contribution in [-0.4, -0.2) is 55.1 Å². The number of aryl methyl sites for hydroxylation is 4. The van der Waals surface area contributed by atoms with Crippen molar-refractivity contribution in [1.82, 2.24) is 0 Å².